The number of nitrogens with one attached hydrogen (secondary N) is 1. The first kappa shape index (κ1) is 16.1. The van der Waals surface area contributed by atoms with Crippen molar-refractivity contribution < 1.29 is 19.4 Å². The Bertz CT molecular complexity index is 602. The predicted octanol–water partition coefficient (Wildman–Crippen LogP) is 2.12. The average molecular weight is 320 g/mol. The molecule has 0 unspecified atom stereocenters. The molecule has 2 aliphatic rings. The Morgan fingerprint density at radius 3 is 2.43 bits per heavy atom. The van der Waals surface area contributed by atoms with Gasteiger partial charge in [-0.1, -0.05) is 0 Å². The van der Waals surface area contributed by atoms with Crippen molar-refractivity contribution in [2.75, 3.05) is 13.1 Å². The smallest absolute Gasteiger partial charge is 0.332 e. The maximum atomic E-state index is 12.6. The molecule has 2 atom stereocenters. The Morgan fingerprint density at radius 1 is 1.22 bits per heavy atom. The molecule has 2 fully saturated rings. The molecule has 2 N–H and O–H groups in total. The SMILES string of the molecule is Cc1cc(C)c(C(=O)N2CCC([C@@H]3CC[C@H](C(=O)O)O3)CC2)[nH]1. The highest BCUT2D eigenvalue weighted by Gasteiger charge is 2.37. The van der Waals surface area contributed by atoms with E-state index >= 15 is 0 Å². The van der Waals surface area contributed by atoms with Gasteiger partial charge >= 0.3 is 5.97 Å². The summed E-state index contributed by atoms with van der Waals surface area (Å²) in [5, 5.41) is 9.02. The number of aromatic nitrogens is 1. The van der Waals surface area contributed by atoms with Crippen LogP contribution in [0.3, 0.4) is 0 Å². The maximum Gasteiger partial charge on any atom is 0.332 e. The Labute approximate surface area is 135 Å². The van der Waals surface area contributed by atoms with Crippen LogP contribution in [0.1, 0.15) is 47.4 Å². The number of carbonyl (C=O) groups is 2. The van der Waals surface area contributed by atoms with Crippen LogP contribution >= 0.6 is 0 Å². The molecule has 1 aromatic heterocycles. The minimum absolute atomic E-state index is 0.0304. The molecule has 3 heterocycles. The van der Waals surface area contributed by atoms with Gasteiger partial charge in [0.1, 0.15) is 5.69 Å². The summed E-state index contributed by atoms with van der Waals surface area (Å²) in [5.41, 5.74) is 2.67. The number of likely N-dealkylation sites (tertiary alicyclic amines) is 1. The number of hydrogen-bond acceptors (Lipinski definition) is 3. The first-order valence-electron chi connectivity index (χ1n) is 8.29. The lowest BCUT2D eigenvalue weighted by Crippen LogP contribution is -2.41. The van der Waals surface area contributed by atoms with Crippen molar-refractivity contribution in [3.8, 4) is 0 Å². The van der Waals surface area contributed by atoms with Crippen molar-refractivity contribution in [2.45, 2.75) is 51.7 Å². The second-order valence-electron chi connectivity index (χ2n) is 6.72. The second kappa shape index (κ2) is 6.35. The van der Waals surface area contributed by atoms with E-state index in [0.717, 1.165) is 30.5 Å². The van der Waals surface area contributed by atoms with Gasteiger partial charge in [0.05, 0.1) is 6.10 Å². The number of aliphatic carboxylic acids is 1. The summed E-state index contributed by atoms with van der Waals surface area (Å²) in [6, 6.07) is 1.98. The predicted molar refractivity (Wildman–Crippen MR) is 84.4 cm³/mol. The Morgan fingerprint density at radius 2 is 1.91 bits per heavy atom. The number of carboxylic acids is 1. The fourth-order valence-corrected chi connectivity index (χ4v) is 3.77. The molecular formula is C17H24N2O4. The molecule has 0 aliphatic carbocycles. The third kappa shape index (κ3) is 3.27. The number of aryl methyl sites for hydroxylation is 2. The van der Waals surface area contributed by atoms with E-state index in [0.29, 0.717) is 31.1 Å². The van der Waals surface area contributed by atoms with Gasteiger partial charge in [-0.3, -0.25) is 4.79 Å². The third-order valence-electron chi connectivity index (χ3n) is 5.04. The zero-order chi connectivity index (χ0) is 16.6. The molecule has 0 spiro atoms. The van der Waals surface area contributed by atoms with Gasteiger partial charge < -0.3 is 19.7 Å². The fourth-order valence-electron chi connectivity index (χ4n) is 3.77. The minimum Gasteiger partial charge on any atom is -0.479 e. The second-order valence-corrected chi connectivity index (χ2v) is 6.72. The van der Waals surface area contributed by atoms with E-state index in [9.17, 15) is 9.59 Å². The molecule has 0 bridgehead atoms. The van der Waals surface area contributed by atoms with Crippen LogP contribution in [0.2, 0.25) is 0 Å². The van der Waals surface area contributed by atoms with E-state index in [1.165, 1.54) is 0 Å². The van der Waals surface area contributed by atoms with Crippen molar-refractivity contribution in [3.05, 3.63) is 23.0 Å². The highest BCUT2D eigenvalue weighted by molar-refractivity contribution is 5.94. The van der Waals surface area contributed by atoms with Crippen LogP contribution < -0.4 is 0 Å². The van der Waals surface area contributed by atoms with Gasteiger partial charge in [0.15, 0.2) is 6.10 Å². The van der Waals surface area contributed by atoms with E-state index < -0.39 is 12.1 Å². The molecule has 23 heavy (non-hydrogen) atoms. The molecule has 3 rings (SSSR count). The minimum atomic E-state index is -0.863. The summed E-state index contributed by atoms with van der Waals surface area (Å²) >= 11 is 0. The molecule has 1 aromatic rings. The zero-order valence-electron chi connectivity index (χ0n) is 13.7. The Hall–Kier alpha value is -1.82. The van der Waals surface area contributed by atoms with Crippen LogP contribution in [-0.2, 0) is 9.53 Å². The number of hydrogen-bond donors (Lipinski definition) is 2. The summed E-state index contributed by atoms with van der Waals surface area (Å²) in [4.78, 5) is 28.6. The first-order chi connectivity index (χ1) is 11.0. The van der Waals surface area contributed by atoms with Gasteiger partial charge in [-0.2, -0.15) is 0 Å². The number of rotatable bonds is 3. The topological polar surface area (TPSA) is 82.6 Å². The Kier molecular flexibility index (Phi) is 4.43. The first-order valence-corrected chi connectivity index (χ1v) is 8.29. The van der Waals surface area contributed by atoms with Gasteiger partial charge in [-0.25, -0.2) is 4.79 Å². The van der Waals surface area contributed by atoms with Gasteiger partial charge in [0.2, 0.25) is 0 Å². The zero-order valence-corrected chi connectivity index (χ0v) is 13.7. The molecule has 0 aromatic carbocycles. The van der Waals surface area contributed by atoms with E-state index in [1.807, 2.05) is 24.8 Å². The lowest BCUT2D eigenvalue weighted by atomic mass is 9.89. The molecule has 126 valence electrons. The van der Waals surface area contributed by atoms with Crippen LogP contribution in [0.4, 0.5) is 0 Å². The largest absolute Gasteiger partial charge is 0.479 e. The third-order valence-corrected chi connectivity index (χ3v) is 5.04. The van der Waals surface area contributed by atoms with Gasteiger partial charge in [0, 0.05) is 18.8 Å². The van der Waals surface area contributed by atoms with Gasteiger partial charge in [-0.05, 0) is 57.1 Å². The molecule has 0 radical (unpaired) electrons. The number of H-pyrrole nitrogens is 1. The number of aromatic amines is 1. The summed E-state index contributed by atoms with van der Waals surface area (Å²) in [6.45, 7) is 5.31. The van der Waals surface area contributed by atoms with Crippen LogP contribution in [0.25, 0.3) is 0 Å². The summed E-state index contributed by atoms with van der Waals surface area (Å²) in [6.07, 6.45) is 2.54. The highest BCUT2D eigenvalue weighted by Crippen LogP contribution is 2.32. The van der Waals surface area contributed by atoms with Crippen molar-refractivity contribution in [2.24, 2.45) is 5.92 Å². The quantitative estimate of drug-likeness (QED) is 0.893. The van der Waals surface area contributed by atoms with Crippen LogP contribution in [0.15, 0.2) is 6.07 Å². The van der Waals surface area contributed by atoms with Gasteiger partial charge in [0.25, 0.3) is 5.91 Å². The number of piperidine rings is 1. The van der Waals surface area contributed by atoms with E-state index in [1.54, 1.807) is 0 Å². The lowest BCUT2D eigenvalue weighted by Gasteiger charge is -2.34. The molecule has 1 amide bonds. The Balaban J connectivity index is 1.55. The van der Waals surface area contributed by atoms with E-state index in [4.69, 9.17) is 9.84 Å². The monoisotopic (exact) mass is 320 g/mol. The molecule has 6 heteroatoms. The summed E-state index contributed by atoms with van der Waals surface area (Å²) in [7, 11) is 0. The number of carboxylic acid groups (broad SMARTS) is 1. The van der Waals surface area contributed by atoms with Crippen molar-refractivity contribution >= 4 is 11.9 Å². The molecular weight excluding hydrogens is 296 g/mol. The summed E-state index contributed by atoms with van der Waals surface area (Å²) < 4.78 is 5.66. The van der Waals surface area contributed by atoms with E-state index in [2.05, 4.69) is 4.98 Å². The molecule has 6 nitrogen and oxygen atoms in total. The standard InChI is InChI=1S/C17H24N2O4/c1-10-9-11(2)18-15(10)16(20)19-7-5-12(6-8-19)13-3-4-14(23-13)17(21)22/h9,12-14,18H,3-8H2,1-2H3,(H,21,22)/t13-,14+/m0/s1. The lowest BCUT2D eigenvalue weighted by molar-refractivity contribution is -0.150. The van der Waals surface area contributed by atoms with Gasteiger partial charge in [-0.15, -0.1) is 0 Å². The molecule has 0 saturated carbocycles. The van der Waals surface area contributed by atoms with Crippen molar-refractivity contribution in [1.29, 1.82) is 0 Å². The normalized spacial score (nSPS) is 25.7. The number of nitrogens with zero attached hydrogens (tertiary/aromatic N) is 1. The molecule has 2 saturated heterocycles. The van der Waals surface area contributed by atoms with Crippen LogP contribution in [0.5, 0.6) is 0 Å². The fraction of sp³-hybridized carbons (Fsp3) is 0.647. The van der Waals surface area contributed by atoms with Crippen LogP contribution in [-0.4, -0.2) is 52.2 Å². The van der Waals surface area contributed by atoms with Crippen LogP contribution in [0, 0.1) is 19.8 Å². The van der Waals surface area contributed by atoms with E-state index in [-0.39, 0.29) is 12.0 Å². The average Bonchev–Trinajstić information content (AvgIpc) is 3.13. The summed E-state index contributed by atoms with van der Waals surface area (Å²) in [5.74, 6) is -0.447. The highest BCUT2D eigenvalue weighted by atomic mass is 16.5. The van der Waals surface area contributed by atoms with Crippen molar-refractivity contribution in [1.82, 2.24) is 9.88 Å². The number of amides is 1. The number of ether oxygens (including phenoxy) is 1. The maximum absolute atomic E-state index is 12.6. The van der Waals surface area contributed by atoms with Crippen molar-refractivity contribution in [3.63, 3.8) is 0 Å². The number of carbonyl (C=O) groups excluding carboxylic acids is 1. The molecule has 2 aliphatic heterocycles.